The van der Waals surface area contributed by atoms with Crippen molar-refractivity contribution >= 4 is 55.5 Å². The fourth-order valence-electron chi connectivity index (χ4n) is 3.68. The maximum Gasteiger partial charge on any atom is 0.345 e. The summed E-state index contributed by atoms with van der Waals surface area (Å²) in [7, 11) is 0. The summed E-state index contributed by atoms with van der Waals surface area (Å²) in [6, 6.07) is 16.1. The fourth-order valence-corrected chi connectivity index (χ4v) is 4.85. The number of fused-ring (bicyclic) bond motifs is 1. The van der Waals surface area contributed by atoms with Gasteiger partial charge in [0, 0.05) is 33.7 Å². The fraction of sp³-hybridized carbons (Fsp3) is 0.214. The highest BCUT2D eigenvalue weighted by atomic mass is 79.9. The summed E-state index contributed by atoms with van der Waals surface area (Å²) in [5, 5.41) is 15.7. The van der Waals surface area contributed by atoms with Gasteiger partial charge >= 0.3 is 11.6 Å². The third-order valence-corrected chi connectivity index (χ3v) is 7.23. The second kappa shape index (κ2) is 12.6. The van der Waals surface area contributed by atoms with Crippen molar-refractivity contribution in [2.24, 2.45) is 0 Å². The predicted molar refractivity (Wildman–Crippen MR) is 153 cm³/mol. The molecule has 10 heteroatoms. The molecule has 1 N–H and O–H groups in total. The van der Waals surface area contributed by atoms with Gasteiger partial charge in [0.2, 0.25) is 0 Å². The van der Waals surface area contributed by atoms with Crippen molar-refractivity contribution in [2.75, 3.05) is 31.6 Å². The molecule has 4 aromatic rings. The van der Waals surface area contributed by atoms with Crippen LogP contribution in [-0.4, -0.2) is 42.1 Å². The number of thiazole rings is 1. The van der Waals surface area contributed by atoms with Gasteiger partial charge in [0.05, 0.1) is 16.8 Å². The lowest BCUT2D eigenvalue weighted by atomic mass is 10.1. The number of nitrogens with zero attached hydrogens (tertiary/aromatic N) is 3. The summed E-state index contributed by atoms with van der Waals surface area (Å²) in [5.41, 5.74) is 2.19. The van der Waals surface area contributed by atoms with E-state index in [0.717, 1.165) is 22.9 Å². The van der Waals surface area contributed by atoms with E-state index in [1.807, 2.05) is 6.07 Å². The maximum atomic E-state index is 12.5. The number of rotatable bonds is 10. The molecule has 0 aliphatic rings. The highest BCUT2D eigenvalue weighted by Gasteiger charge is 2.14. The third kappa shape index (κ3) is 6.55. The van der Waals surface area contributed by atoms with E-state index in [1.54, 1.807) is 54.0 Å². The molecular weight excluding hydrogens is 568 g/mol. The molecule has 194 valence electrons. The molecule has 2 aromatic heterocycles. The van der Waals surface area contributed by atoms with Crippen LogP contribution in [0.1, 0.15) is 29.2 Å². The maximum absolute atomic E-state index is 12.5. The van der Waals surface area contributed by atoms with Gasteiger partial charge < -0.3 is 19.4 Å². The number of esters is 1. The zero-order chi connectivity index (χ0) is 27.1. The average molecular weight is 594 g/mol. The average Bonchev–Trinajstić information content (AvgIpc) is 3.41. The number of aromatic nitrogens is 1. The number of nitriles is 1. The number of carbonyl (C=O) groups is 1. The molecule has 0 atom stereocenters. The number of benzene rings is 2. The number of anilines is 1. The van der Waals surface area contributed by atoms with Crippen LogP contribution in [0.4, 0.5) is 5.69 Å². The molecule has 0 saturated heterocycles. The van der Waals surface area contributed by atoms with Crippen LogP contribution in [0.5, 0.6) is 0 Å². The van der Waals surface area contributed by atoms with Crippen molar-refractivity contribution < 1.29 is 13.9 Å². The summed E-state index contributed by atoms with van der Waals surface area (Å²) < 4.78 is 11.7. The highest BCUT2D eigenvalue weighted by molar-refractivity contribution is 9.10. The third-order valence-electron chi connectivity index (χ3n) is 5.86. The Balaban J connectivity index is 1.43. The molecule has 0 amide bonds. The minimum absolute atomic E-state index is 0.300. The Labute approximate surface area is 232 Å². The highest BCUT2D eigenvalue weighted by Crippen LogP contribution is 2.27. The van der Waals surface area contributed by atoms with E-state index < -0.39 is 5.63 Å². The number of halogens is 1. The molecule has 2 aromatic carbocycles. The first kappa shape index (κ1) is 27.3. The van der Waals surface area contributed by atoms with Crippen LogP contribution >= 0.6 is 27.3 Å². The van der Waals surface area contributed by atoms with Crippen LogP contribution in [0.2, 0.25) is 0 Å². The Morgan fingerprint density at radius 3 is 2.68 bits per heavy atom. The van der Waals surface area contributed by atoms with Gasteiger partial charge in [-0.2, -0.15) is 5.26 Å². The monoisotopic (exact) mass is 592 g/mol. The Morgan fingerprint density at radius 2 is 1.97 bits per heavy atom. The van der Waals surface area contributed by atoms with Crippen molar-refractivity contribution in [1.29, 1.82) is 5.26 Å². The first-order valence-electron chi connectivity index (χ1n) is 12.0. The van der Waals surface area contributed by atoms with Crippen LogP contribution in [0.3, 0.4) is 0 Å². The summed E-state index contributed by atoms with van der Waals surface area (Å²) in [4.78, 5) is 31.5. The molecule has 2 heterocycles. The van der Waals surface area contributed by atoms with E-state index in [1.165, 1.54) is 11.3 Å². The van der Waals surface area contributed by atoms with E-state index in [9.17, 15) is 14.9 Å². The van der Waals surface area contributed by atoms with Gasteiger partial charge in [-0.1, -0.05) is 29.8 Å². The van der Waals surface area contributed by atoms with Crippen molar-refractivity contribution in [1.82, 2.24) is 9.88 Å². The zero-order valence-electron chi connectivity index (χ0n) is 20.9. The second-order valence-electron chi connectivity index (χ2n) is 8.22. The number of likely N-dealkylation sites (N-methyl/N-ethyl adjacent to an activating group) is 1. The summed E-state index contributed by atoms with van der Waals surface area (Å²) >= 11 is 4.67. The van der Waals surface area contributed by atoms with E-state index in [0.29, 0.717) is 51.8 Å². The Hall–Kier alpha value is -3.78. The Kier molecular flexibility index (Phi) is 9.07. The molecule has 8 nitrogen and oxygen atoms in total. The van der Waals surface area contributed by atoms with Crippen molar-refractivity contribution in [3.05, 3.63) is 85.6 Å². The molecular formula is C28H25BrN4O4S. The molecule has 0 unspecified atom stereocenters. The first-order chi connectivity index (χ1) is 18.4. The van der Waals surface area contributed by atoms with E-state index in [-0.39, 0.29) is 5.97 Å². The lowest BCUT2D eigenvalue weighted by molar-refractivity contribution is 0.0466. The van der Waals surface area contributed by atoms with E-state index in [4.69, 9.17) is 9.15 Å². The Morgan fingerprint density at radius 1 is 1.21 bits per heavy atom. The first-order valence-corrected chi connectivity index (χ1v) is 13.6. The summed E-state index contributed by atoms with van der Waals surface area (Å²) in [6.45, 7) is 6.99. The number of allylic oxidation sites excluding steroid dienone is 1. The number of nitrogens with one attached hydrogen (secondary N) is 1. The van der Waals surface area contributed by atoms with Crippen molar-refractivity contribution in [3.8, 4) is 17.3 Å². The lowest BCUT2D eigenvalue weighted by Crippen LogP contribution is -2.27. The lowest BCUT2D eigenvalue weighted by Gasteiger charge is -2.17. The molecule has 0 spiro atoms. The molecule has 0 aliphatic carbocycles. The van der Waals surface area contributed by atoms with E-state index in [2.05, 4.69) is 51.0 Å². The largest absolute Gasteiger partial charge is 0.461 e. The molecule has 0 bridgehead atoms. The van der Waals surface area contributed by atoms with Gasteiger partial charge in [0.1, 0.15) is 28.8 Å². The van der Waals surface area contributed by atoms with Crippen LogP contribution in [-0.2, 0) is 4.74 Å². The summed E-state index contributed by atoms with van der Waals surface area (Å²) in [5.74, 6) is -0.377. The smallest absolute Gasteiger partial charge is 0.345 e. The molecule has 0 fully saturated rings. The molecule has 38 heavy (non-hydrogen) atoms. The summed E-state index contributed by atoms with van der Waals surface area (Å²) in [6.07, 6.45) is 1.54. The number of hydrogen-bond donors (Lipinski definition) is 1. The van der Waals surface area contributed by atoms with Gasteiger partial charge in [0.25, 0.3) is 0 Å². The second-order valence-corrected chi connectivity index (χ2v) is 10.00. The predicted octanol–water partition coefficient (Wildman–Crippen LogP) is 6.15. The SMILES string of the molecule is CCN(CC)CCOC(=O)c1ccc(NC=C(C#N)c2nc(-c3cc4cc(Br)ccc4oc3=O)cs2)cc1. The minimum atomic E-state index is -0.496. The quantitative estimate of drug-likeness (QED) is 0.132. The van der Waals surface area contributed by atoms with Crippen LogP contribution < -0.4 is 10.9 Å². The van der Waals surface area contributed by atoms with Gasteiger partial charge in [-0.25, -0.2) is 14.6 Å². The number of carbonyl (C=O) groups excluding carboxylic acids is 1. The molecule has 0 saturated carbocycles. The zero-order valence-corrected chi connectivity index (χ0v) is 23.3. The van der Waals surface area contributed by atoms with Crippen LogP contribution in [0.25, 0.3) is 27.8 Å². The Bertz CT molecular complexity index is 1570. The normalized spacial score (nSPS) is 11.5. The van der Waals surface area contributed by atoms with Gasteiger partial charge in [-0.05, 0) is 61.6 Å². The van der Waals surface area contributed by atoms with Gasteiger partial charge in [-0.15, -0.1) is 11.3 Å². The van der Waals surface area contributed by atoms with Crippen molar-refractivity contribution in [2.45, 2.75) is 13.8 Å². The van der Waals surface area contributed by atoms with Crippen molar-refractivity contribution in [3.63, 3.8) is 0 Å². The van der Waals surface area contributed by atoms with Gasteiger partial charge in [-0.3, -0.25) is 0 Å². The molecule has 0 aliphatic heterocycles. The number of ether oxygens (including phenoxy) is 1. The topological polar surface area (TPSA) is 108 Å². The number of hydrogen-bond acceptors (Lipinski definition) is 9. The van der Waals surface area contributed by atoms with E-state index >= 15 is 0 Å². The standard InChI is InChI=1S/C28H25BrN4O4S/c1-3-33(4-2)11-12-36-27(34)18-5-8-22(9-6-18)31-16-20(15-30)26-32-24(17-38-26)23-14-19-13-21(29)7-10-25(19)37-28(23)35/h5-10,13-14,16-17,31H,3-4,11-12H2,1-2H3. The van der Waals surface area contributed by atoms with Gasteiger partial charge in [0.15, 0.2) is 0 Å². The molecule has 4 rings (SSSR count). The van der Waals surface area contributed by atoms with Crippen LogP contribution in [0, 0.1) is 11.3 Å². The minimum Gasteiger partial charge on any atom is -0.461 e. The van der Waals surface area contributed by atoms with Crippen LogP contribution in [0.15, 0.2) is 73.8 Å². The molecule has 0 radical (unpaired) electrons.